The SMILES string of the molecule is COc1cc2c(cc1OC)-c1cc3ccc(OC)c(OCc4ccccc4)c3c[n+]1CCC2. The van der Waals surface area contributed by atoms with Crippen LogP contribution in [0.4, 0.5) is 0 Å². The van der Waals surface area contributed by atoms with Crippen molar-refractivity contribution in [3.8, 4) is 34.3 Å². The largest absolute Gasteiger partial charge is 0.493 e. The summed E-state index contributed by atoms with van der Waals surface area (Å²) in [6, 6.07) is 20.7. The first-order valence-corrected chi connectivity index (χ1v) is 11.2. The van der Waals surface area contributed by atoms with Gasteiger partial charge in [0, 0.05) is 12.5 Å². The van der Waals surface area contributed by atoms with Crippen molar-refractivity contribution < 1.29 is 23.5 Å². The fourth-order valence-corrected chi connectivity index (χ4v) is 4.57. The molecule has 0 atom stereocenters. The molecule has 5 nitrogen and oxygen atoms in total. The average molecular weight is 443 g/mol. The van der Waals surface area contributed by atoms with Crippen molar-refractivity contribution >= 4 is 10.8 Å². The number of ether oxygens (including phenoxy) is 4. The maximum atomic E-state index is 6.31. The lowest BCUT2D eigenvalue weighted by atomic mass is 9.99. The first-order valence-electron chi connectivity index (χ1n) is 11.2. The van der Waals surface area contributed by atoms with Crippen LogP contribution in [-0.2, 0) is 19.6 Å². The van der Waals surface area contributed by atoms with Gasteiger partial charge in [0.25, 0.3) is 0 Å². The van der Waals surface area contributed by atoms with Crippen molar-refractivity contribution in [1.29, 1.82) is 0 Å². The zero-order chi connectivity index (χ0) is 22.8. The van der Waals surface area contributed by atoms with Crippen LogP contribution in [0.3, 0.4) is 0 Å². The monoisotopic (exact) mass is 442 g/mol. The van der Waals surface area contributed by atoms with E-state index >= 15 is 0 Å². The maximum Gasteiger partial charge on any atom is 0.213 e. The molecule has 0 unspecified atom stereocenters. The molecule has 0 radical (unpaired) electrons. The molecule has 2 heterocycles. The summed E-state index contributed by atoms with van der Waals surface area (Å²) < 4.78 is 25.4. The molecule has 5 heteroatoms. The molecule has 0 amide bonds. The van der Waals surface area contributed by atoms with Gasteiger partial charge in [-0.3, -0.25) is 0 Å². The summed E-state index contributed by atoms with van der Waals surface area (Å²) >= 11 is 0. The molecule has 33 heavy (non-hydrogen) atoms. The molecule has 1 aliphatic heterocycles. The van der Waals surface area contributed by atoms with Gasteiger partial charge in [0.2, 0.25) is 5.69 Å². The second-order valence-corrected chi connectivity index (χ2v) is 8.19. The van der Waals surface area contributed by atoms with Crippen LogP contribution in [0.15, 0.2) is 66.9 Å². The quantitative estimate of drug-likeness (QED) is 0.378. The Morgan fingerprint density at radius 3 is 2.33 bits per heavy atom. The molecule has 0 bridgehead atoms. The Balaban J connectivity index is 1.64. The van der Waals surface area contributed by atoms with Gasteiger partial charge in [-0.25, -0.2) is 0 Å². The van der Waals surface area contributed by atoms with E-state index in [9.17, 15) is 0 Å². The number of aryl methyl sites for hydroxylation is 2. The lowest BCUT2D eigenvalue weighted by Crippen LogP contribution is -2.35. The third-order valence-corrected chi connectivity index (χ3v) is 6.26. The molecule has 0 aliphatic carbocycles. The highest BCUT2D eigenvalue weighted by Gasteiger charge is 2.25. The number of pyridine rings is 1. The van der Waals surface area contributed by atoms with E-state index in [1.165, 1.54) is 11.1 Å². The van der Waals surface area contributed by atoms with Gasteiger partial charge in [0.05, 0.1) is 32.3 Å². The van der Waals surface area contributed by atoms with Crippen LogP contribution >= 0.6 is 0 Å². The van der Waals surface area contributed by atoms with Crippen LogP contribution in [-0.4, -0.2) is 21.3 Å². The fourth-order valence-electron chi connectivity index (χ4n) is 4.57. The second-order valence-electron chi connectivity index (χ2n) is 8.19. The number of hydrogen-bond acceptors (Lipinski definition) is 4. The predicted octanol–water partition coefficient (Wildman–Crippen LogP) is 5.35. The molecule has 0 saturated heterocycles. The van der Waals surface area contributed by atoms with Crippen molar-refractivity contribution in [3.63, 3.8) is 0 Å². The van der Waals surface area contributed by atoms with E-state index in [4.69, 9.17) is 18.9 Å². The van der Waals surface area contributed by atoms with Crippen LogP contribution in [0.1, 0.15) is 17.5 Å². The van der Waals surface area contributed by atoms with E-state index in [-0.39, 0.29) is 0 Å². The zero-order valence-electron chi connectivity index (χ0n) is 19.3. The zero-order valence-corrected chi connectivity index (χ0v) is 19.3. The minimum absolute atomic E-state index is 0.484. The molecule has 3 aromatic carbocycles. The third kappa shape index (κ3) is 3.95. The Morgan fingerprint density at radius 2 is 1.58 bits per heavy atom. The molecule has 0 N–H and O–H groups in total. The molecule has 0 spiro atoms. The summed E-state index contributed by atoms with van der Waals surface area (Å²) in [6.45, 7) is 1.40. The van der Waals surface area contributed by atoms with Gasteiger partial charge in [-0.1, -0.05) is 30.3 Å². The van der Waals surface area contributed by atoms with Gasteiger partial charge in [0.15, 0.2) is 29.2 Å². The summed E-state index contributed by atoms with van der Waals surface area (Å²) in [5.41, 5.74) is 4.73. The van der Waals surface area contributed by atoms with E-state index in [1.807, 2.05) is 24.3 Å². The number of methoxy groups -OCH3 is 3. The highest BCUT2D eigenvalue weighted by molar-refractivity contribution is 5.91. The summed E-state index contributed by atoms with van der Waals surface area (Å²) in [6.07, 6.45) is 4.21. The van der Waals surface area contributed by atoms with E-state index in [0.717, 1.165) is 64.4 Å². The maximum absolute atomic E-state index is 6.31. The fraction of sp³-hybridized carbons (Fsp3) is 0.250. The molecular weight excluding hydrogens is 414 g/mol. The van der Waals surface area contributed by atoms with E-state index in [2.05, 4.69) is 47.2 Å². The van der Waals surface area contributed by atoms with Gasteiger partial charge in [0.1, 0.15) is 13.2 Å². The van der Waals surface area contributed by atoms with Crippen molar-refractivity contribution in [3.05, 3.63) is 78.0 Å². The Bertz CT molecular complexity index is 1300. The molecule has 1 aliphatic rings. The summed E-state index contributed by atoms with van der Waals surface area (Å²) in [5.74, 6) is 3.02. The van der Waals surface area contributed by atoms with Crippen molar-refractivity contribution in [1.82, 2.24) is 0 Å². The van der Waals surface area contributed by atoms with Gasteiger partial charge < -0.3 is 18.9 Å². The number of aromatic nitrogens is 1. The number of fused-ring (bicyclic) bond motifs is 4. The third-order valence-electron chi connectivity index (χ3n) is 6.26. The van der Waals surface area contributed by atoms with Crippen LogP contribution in [0.5, 0.6) is 23.0 Å². The van der Waals surface area contributed by atoms with Gasteiger partial charge in [-0.05, 0) is 47.2 Å². The number of hydrogen-bond donors (Lipinski definition) is 0. The number of nitrogens with zero attached hydrogens (tertiary/aromatic N) is 1. The first-order chi connectivity index (χ1) is 16.2. The Kier molecular flexibility index (Phi) is 5.78. The predicted molar refractivity (Wildman–Crippen MR) is 128 cm³/mol. The molecule has 1 aromatic heterocycles. The van der Waals surface area contributed by atoms with Crippen molar-refractivity contribution in [2.75, 3.05) is 21.3 Å². The smallest absolute Gasteiger partial charge is 0.213 e. The van der Waals surface area contributed by atoms with E-state index in [1.54, 1.807) is 21.3 Å². The highest BCUT2D eigenvalue weighted by Crippen LogP contribution is 2.40. The Morgan fingerprint density at radius 1 is 0.818 bits per heavy atom. The Labute approximate surface area is 194 Å². The highest BCUT2D eigenvalue weighted by atomic mass is 16.5. The topological polar surface area (TPSA) is 40.8 Å². The van der Waals surface area contributed by atoms with Gasteiger partial charge in [-0.15, -0.1) is 0 Å². The number of benzene rings is 3. The van der Waals surface area contributed by atoms with E-state index in [0.29, 0.717) is 6.61 Å². The average Bonchev–Trinajstić information content (AvgIpc) is 3.03. The minimum Gasteiger partial charge on any atom is -0.493 e. The van der Waals surface area contributed by atoms with Crippen molar-refractivity contribution in [2.24, 2.45) is 0 Å². The molecule has 4 aromatic rings. The second kappa shape index (κ2) is 9.02. The van der Waals surface area contributed by atoms with Crippen molar-refractivity contribution in [2.45, 2.75) is 26.0 Å². The normalized spacial score (nSPS) is 12.5. The minimum atomic E-state index is 0.484. The van der Waals surface area contributed by atoms with Gasteiger partial charge >= 0.3 is 0 Å². The summed E-state index contributed by atoms with van der Waals surface area (Å²) in [5, 5.41) is 2.14. The first kappa shape index (κ1) is 21.1. The molecular formula is C28H28NO4+. The Hall–Kier alpha value is -3.73. The summed E-state index contributed by atoms with van der Waals surface area (Å²) in [7, 11) is 5.04. The van der Waals surface area contributed by atoms with Crippen LogP contribution in [0.25, 0.3) is 22.0 Å². The summed E-state index contributed by atoms with van der Waals surface area (Å²) in [4.78, 5) is 0. The number of rotatable bonds is 6. The van der Waals surface area contributed by atoms with Crippen LogP contribution in [0.2, 0.25) is 0 Å². The molecule has 0 fully saturated rings. The molecule has 168 valence electrons. The van der Waals surface area contributed by atoms with Crippen LogP contribution < -0.4 is 23.5 Å². The lowest BCUT2D eigenvalue weighted by molar-refractivity contribution is -0.684. The molecule has 5 rings (SSSR count). The molecule has 0 saturated carbocycles. The van der Waals surface area contributed by atoms with Gasteiger partial charge in [-0.2, -0.15) is 4.57 Å². The lowest BCUT2D eigenvalue weighted by Gasteiger charge is -2.15. The van der Waals surface area contributed by atoms with Crippen LogP contribution in [0, 0.1) is 0 Å². The van der Waals surface area contributed by atoms with E-state index < -0.39 is 0 Å². The standard InChI is InChI=1S/C28H28NO4/c1-30-25-12-11-21-14-24-22-16-27(32-3)26(31-2)15-20(22)10-7-13-29(24)17-23(21)28(25)33-18-19-8-5-4-6-9-19/h4-6,8-9,11-12,14-17H,7,10,13,18H2,1-3H3/q+1.